The lowest BCUT2D eigenvalue weighted by Gasteiger charge is -2.05. The van der Waals surface area contributed by atoms with Crippen LogP contribution < -0.4 is 0 Å². The summed E-state index contributed by atoms with van der Waals surface area (Å²) >= 11 is 0. The van der Waals surface area contributed by atoms with Crippen molar-refractivity contribution in [3.8, 4) is 0 Å². The van der Waals surface area contributed by atoms with E-state index in [2.05, 4.69) is 5.16 Å². The molecule has 0 saturated carbocycles. The van der Waals surface area contributed by atoms with Crippen molar-refractivity contribution in [2.24, 2.45) is 0 Å². The number of rotatable bonds is 2. The highest BCUT2D eigenvalue weighted by Gasteiger charge is 2.31. The molecule has 0 aliphatic rings. The molecule has 0 amide bonds. The first-order valence-electron chi connectivity index (χ1n) is 6.03. The Morgan fingerprint density at radius 3 is 2.43 bits per heavy atom. The largest absolute Gasteiger partial charge is 0.416 e. The standard InChI is InChI=1S/C15H8F3NO2/c16-15(17,18)10-6-7-11-12(8-10)19-21-14(11)13(20)9-4-2-1-3-5-9/h1-8H. The number of alkyl halides is 3. The lowest BCUT2D eigenvalue weighted by Crippen LogP contribution is -2.04. The van der Waals surface area contributed by atoms with Crippen LogP contribution in [0.2, 0.25) is 0 Å². The average Bonchev–Trinajstić information content (AvgIpc) is 2.89. The number of carbonyl (C=O) groups is 1. The third kappa shape index (κ3) is 2.40. The minimum absolute atomic E-state index is 0.00380. The Morgan fingerprint density at radius 1 is 1.05 bits per heavy atom. The first-order chi connectivity index (χ1) is 9.97. The Labute approximate surface area is 117 Å². The van der Waals surface area contributed by atoms with Crippen molar-refractivity contribution >= 4 is 16.7 Å². The molecular weight excluding hydrogens is 283 g/mol. The Balaban J connectivity index is 2.08. The van der Waals surface area contributed by atoms with Crippen molar-refractivity contribution in [2.45, 2.75) is 6.18 Å². The number of nitrogens with zero attached hydrogens (tertiary/aromatic N) is 1. The second-order valence-electron chi connectivity index (χ2n) is 4.44. The summed E-state index contributed by atoms with van der Waals surface area (Å²) in [6.07, 6.45) is -4.46. The summed E-state index contributed by atoms with van der Waals surface area (Å²) in [6, 6.07) is 11.3. The van der Waals surface area contributed by atoms with E-state index >= 15 is 0 Å². The van der Waals surface area contributed by atoms with Gasteiger partial charge >= 0.3 is 6.18 Å². The number of ketones is 1. The zero-order valence-corrected chi connectivity index (χ0v) is 10.5. The van der Waals surface area contributed by atoms with Crippen LogP contribution in [0, 0.1) is 0 Å². The Hall–Kier alpha value is -2.63. The van der Waals surface area contributed by atoms with E-state index in [0.717, 1.165) is 12.1 Å². The second-order valence-corrected chi connectivity index (χ2v) is 4.44. The van der Waals surface area contributed by atoms with Crippen LogP contribution in [0.5, 0.6) is 0 Å². The first-order valence-corrected chi connectivity index (χ1v) is 6.03. The van der Waals surface area contributed by atoms with E-state index in [-0.39, 0.29) is 16.7 Å². The smallest absolute Gasteiger partial charge is 0.351 e. The van der Waals surface area contributed by atoms with Gasteiger partial charge in [-0.15, -0.1) is 0 Å². The van der Waals surface area contributed by atoms with Gasteiger partial charge in [-0.25, -0.2) is 0 Å². The van der Waals surface area contributed by atoms with Gasteiger partial charge < -0.3 is 4.52 Å². The summed E-state index contributed by atoms with van der Waals surface area (Å²) in [6.45, 7) is 0. The molecule has 0 N–H and O–H groups in total. The zero-order valence-electron chi connectivity index (χ0n) is 10.5. The highest BCUT2D eigenvalue weighted by Crippen LogP contribution is 2.32. The molecule has 106 valence electrons. The summed E-state index contributed by atoms with van der Waals surface area (Å²) in [7, 11) is 0. The van der Waals surface area contributed by atoms with E-state index in [9.17, 15) is 18.0 Å². The normalized spacial score (nSPS) is 11.8. The molecule has 0 spiro atoms. The second kappa shape index (κ2) is 4.73. The Bertz CT molecular complexity index is 807. The van der Waals surface area contributed by atoms with Crippen LogP contribution in [0.3, 0.4) is 0 Å². The van der Waals surface area contributed by atoms with E-state index in [4.69, 9.17) is 4.52 Å². The summed E-state index contributed by atoms with van der Waals surface area (Å²) in [4.78, 5) is 12.2. The topological polar surface area (TPSA) is 43.1 Å². The number of benzene rings is 2. The molecule has 0 fully saturated rings. The SMILES string of the molecule is O=C(c1ccccc1)c1onc2cc(C(F)(F)F)ccc12. The summed E-state index contributed by atoms with van der Waals surface area (Å²) < 4.78 is 42.8. The molecule has 0 unspecified atom stereocenters. The summed E-state index contributed by atoms with van der Waals surface area (Å²) in [5.41, 5.74) is -0.443. The Kier molecular flexibility index (Phi) is 3.01. The van der Waals surface area contributed by atoms with Crippen molar-refractivity contribution < 1.29 is 22.5 Å². The molecule has 3 nitrogen and oxygen atoms in total. The van der Waals surface area contributed by atoms with Crippen LogP contribution in [-0.4, -0.2) is 10.9 Å². The van der Waals surface area contributed by atoms with Crippen LogP contribution in [0.15, 0.2) is 53.1 Å². The maximum absolute atomic E-state index is 12.6. The molecule has 1 heterocycles. The van der Waals surface area contributed by atoms with Crippen LogP contribution in [0.25, 0.3) is 10.9 Å². The Morgan fingerprint density at radius 2 is 1.76 bits per heavy atom. The molecule has 0 saturated heterocycles. The van der Waals surface area contributed by atoms with Gasteiger partial charge in [0, 0.05) is 5.56 Å². The molecule has 3 aromatic rings. The maximum Gasteiger partial charge on any atom is 0.416 e. The number of fused-ring (bicyclic) bond motifs is 1. The van der Waals surface area contributed by atoms with Crippen molar-refractivity contribution in [2.75, 3.05) is 0 Å². The third-order valence-corrected chi connectivity index (χ3v) is 3.05. The predicted octanol–water partition coefficient (Wildman–Crippen LogP) is 4.08. The quantitative estimate of drug-likeness (QED) is 0.668. The van der Waals surface area contributed by atoms with E-state index in [0.29, 0.717) is 5.56 Å². The van der Waals surface area contributed by atoms with Gasteiger partial charge in [0.2, 0.25) is 11.5 Å². The summed E-state index contributed by atoms with van der Waals surface area (Å²) in [5.74, 6) is -0.484. The molecule has 2 aromatic carbocycles. The number of hydrogen-bond donors (Lipinski definition) is 0. The summed E-state index contributed by atoms with van der Waals surface area (Å²) in [5, 5.41) is 3.80. The van der Waals surface area contributed by atoms with Gasteiger partial charge in [-0.1, -0.05) is 35.5 Å². The molecule has 0 radical (unpaired) electrons. The van der Waals surface area contributed by atoms with Crippen LogP contribution >= 0.6 is 0 Å². The van der Waals surface area contributed by atoms with Gasteiger partial charge in [0.25, 0.3) is 0 Å². The first kappa shape index (κ1) is 13.4. The fraction of sp³-hybridized carbons (Fsp3) is 0.0667. The molecular formula is C15H8F3NO2. The van der Waals surface area contributed by atoms with Crippen molar-refractivity contribution in [3.63, 3.8) is 0 Å². The van der Waals surface area contributed by atoms with E-state index in [1.54, 1.807) is 30.3 Å². The monoisotopic (exact) mass is 291 g/mol. The zero-order chi connectivity index (χ0) is 15.0. The number of halogens is 3. The van der Waals surface area contributed by atoms with E-state index < -0.39 is 17.5 Å². The minimum Gasteiger partial charge on any atom is -0.351 e. The van der Waals surface area contributed by atoms with Crippen LogP contribution in [0.4, 0.5) is 13.2 Å². The molecule has 3 rings (SSSR count). The van der Waals surface area contributed by atoms with Crippen molar-refractivity contribution in [1.82, 2.24) is 5.16 Å². The van der Waals surface area contributed by atoms with Crippen molar-refractivity contribution in [3.05, 3.63) is 65.4 Å². The van der Waals surface area contributed by atoms with Crippen LogP contribution in [-0.2, 0) is 6.18 Å². The number of hydrogen-bond acceptors (Lipinski definition) is 3. The van der Waals surface area contributed by atoms with Gasteiger partial charge in [0.1, 0.15) is 5.52 Å². The average molecular weight is 291 g/mol. The lowest BCUT2D eigenvalue weighted by molar-refractivity contribution is -0.137. The van der Waals surface area contributed by atoms with Crippen LogP contribution in [0.1, 0.15) is 21.7 Å². The van der Waals surface area contributed by atoms with Gasteiger partial charge in [-0.05, 0) is 18.2 Å². The van der Waals surface area contributed by atoms with Gasteiger partial charge in [-0.2, -0.15) is 13.2 Å². The highest BCUT2D eigenvalue weighted by molar-refractivity contribution is 6.13. The van der Waals surface area contributed by atoms with E-state index in [1.165, 1.54) is 6.07 Å². The highest BCUT2D eigenvalue weighted by atomic mass is 19.4. The molecule has 0 aliphatic heterocycles. The third-order valence-electron chi connectivity index (χ3n) is 3.05. The van der Waals surface area contributed by atoms with E-state index in [1.807, 2.05) is 0 Å². The molecule has 0 aliphatic carbocycles. The number of aromatic nitrogens is 1. The van der Waals surface area contributed by atoms with Gasteiger partial charge in [0.05, 0.1) is 10.9 Å². The fourth-order valence-electron chi connectivity index (χ4n) is 2.00. The molecule has 21 heavy (non-hydrogen) atoms. The molecule has 0 atom stereocenters. The lowest BCUT2D eigenvalue weighted by atomic mass is 10.0. The van der Waals surface area contributed by atoms with Gasteiger partial charge in [-0.3, -0.25) is 4.79 Å². The maximum atomic E-state index is 12.6. The molecule has 6 heteroatoms. The number of carbonyl (C=O) groups excluding carboxylic acids is 1. The molecule has 0 bridgehead atoms. The molecule has 1 aromatic heterocycles. The minimum atomic E-state index is -4.46. The fourth-order valence-corrected chi connectivity index (χ4v) is 2.00. The predicted molar refractivity (Wildman–Crippen MR) is 68.9 cm³/mol. The van der Waals surface area contributed by atoms with Gasteiger partial charge in [0.15, 0.2) is 0 Å². The van der Waals surface area contributed by atoms with Crippen molar-refractivity contribution in [1.29, 1.82) is 0 Å².